The molecule has 0 saturated carbocycles. The van der Waals surface area contributed by atoms with Gasteiger partial charge in [0.05, 0.1) is 0 Å². The van der Waals surface area contributed by atoms with E-state index in [2.05, 4.69) is 37.7 Å². The largest absolute Gasteiger partial charge is 0.306 e. The lowest BCUT2D eigenvalue weighted by Crippen LogP contribution is -2.41. The highest BCUT2D eigenvalue weighted by molar-refractivity contribution is 4.73. The molecule has 2 heterocycles. The van der Waals surface area contributed by atoms with Gasteiger partial charge < -0.3 is 9.80 Å². The summed E-state index contributed by atoms with van der Waals surface area (Å²) in [4.78, 5) is 4.67. The summed E-state index contributed by atoms with van der Waals surface area (Å²) in [7, 11) is 4.31. The van der Waals surface area contributed by atoms with Gasteiger partial charge in [-0.05, 0) is 39.9 Å². The van der Waals surface area contributed by atoms with Crippen molar-refractivity contribution >= 4 is 0 Å². The molecule has 2 saturated heterocycles. The van der Waals surface area contributed by atoms with Gasteiger partial charge >= 0.3 is 0 Å². The molecule has 0 bridgehead atoms. The molecule has 0 aromatic rings. The van der Waals surface area contributed by atoms with Crippen LogP contribution in [0.25, 0.3) is 0 Å². The van der Waals surface area contributed by atoms with Crippen LogP contribution >= 0.6 is 0 Å². The Bertz CT molecular complexity index is 116. The highest BCUT2D eigenvalue weighted by Crippen LogP contribution is 2.11. The number of rotatable bonds is 0. The Morgan fingerprint density at radius 3 is 1.58 bits per heavy atom. The van der Waals surface area contributed by atoms with E-state index in [4.69, 9.17) is 0 Å². The summed E-state index contributed by atoms with van der Waals surface area (Å²) in [6.07, 6.45) is 1.40. The molecular weight excluding hydrogens is 148 g/mol. The van der Waals surface area contributed by atoms with Gasteiger partial charge in [0.25, 0.3) is 0 Å². The maximum Gasteiger partial charge on any atom is 0.00760 e. The molecule has 2 fully saturated rings. The molecule has 0 aliphatic carbocycles. The van der Waals surface area contributed by atoms with Gasteiger partial charge in [-0.1, -0.05) is 6.92 Å². The fraction of sp³-hybridized carbons (Fsp3) is 1.00. The Kier molecular flexibility index (Phi) is 3.53. The van der Waals surface area contributed by atoms with Crippen LogP contribution in [-0.4, -0.2) is 49.6 Å². The van der Waals surface area contributed by atoms with Crippen molar-refractivity contribution in [1.29, 1.82) is 0 Å². The Morgan fingerprint density at radius 2 is 1.58 bits per heavy atom. The summed E-state index contributed by atoms with van der Waals surface area (Å²) in [5.74, 6) is 0.968. The highest BCUT2D eigenvalue weighted by atomic mass is 15.2. The SMILES string of the molecule is CC1CCN1C.CC1CN(C)C1. The lowest BCUT2D eigenvalue weighted by Gasteiger charge is -2.34. The van der Waals surface area contributed by atoms with Gasteiger partial charge in [0.1, 0.15) is 0 Å². The monoisotopic (exact) mass is 170 g/mol. The van der Waals surface area contributed by atoms with E-state index in [9.17, 15) is 0 Å². The first-order chi connectivity index (χ1) is 5.59. The van der Waals surface area contributed by atoms with Crippen molar-refractivity contribution in [1.82, 2.24) is 9.80 Å². The van der Waals surface area contributed by atoms with Gasteiger partial charge in [-0.15, -0.1) is 0 Å². The molecule has 2 nitrogen and oxygen atoms in total. The molecule has 1 unspecified atom stereocenters. The smallest absolute Gasteiger partial charge is 0.00760 e. The van der Waals surface area contributed by atoms with E-state index in [1.165, 1.54) is 26.1 Å². The maximum atomic E-state index is 2.35. The fourth-order valence-corrected chi connectivity index (χ4v) is 1.66. The molecule has 1 atom stereocenters. The van der Waals surface area contributed by atoms with Gasteiger partial charge in [-0.25, -0.2) is 0 Å². The molecule has 2 rings (SSSR count). The first-order valence-corrected chi connectivity index (χ1v) is 4.98. The summed E-state index contributed by atoms with van der Waals surface area (Å²) < 4.78 is 0. The molecule has 72 valence electrons. The Balaban J connectivity index is 0.000000120. The average molecular weight is 170 g/mol. The predicted molar refractivity (Wildman–Crippen MR) is 53.4 cm³/mol. The number of hydrogen-bond donors (Lipinski definition) is 0. The van der Waals surface area contributed by atoms with E-state index in [-0.39, 0.29) is 0 Å². The van der Waals surface area contributed by atoms with E-state index < -0.39 is 0 Å². The summed E-state index contributed by atoms with van der Waals surface area (Å²) >= 11 is 0. The van der Waals surface area contributed by atoms with Gasteiger partial charge in [-0.2, -0.15) is 0 Å². The zero-order valence-electron chi connectivity index (χ0n) is 8.88. The van der Waals surface area contributed by atoms with Crippen LogP contribution in [0.2, 0.25) is 0 Å². The van der Waals surface area contributed by atoms with Crippen molar-refractivity contribution in [2.24, 2.45) is 5.92 Å². The number of nitrogens with zero attached hydrogens (tertiary/aromatic N) is 2. The standard InChI is InChI=1S/2C5H11N/c1-5-3-6(2)4-5;1-5-3-4-6(5)2/h2*5H,3-4H2,1-2H3. The predicted octanol–water partition coefficient (Wildman–Crippen LogP) is 1.28. The molecule has 12 heavy (non-hydrogen) atoms. The van der Waals surface area contributed by atoms with Gasteiger partial charge in [0, 0.05) is 19.1 Å². The molecule has 0 spiro atoms. The Morgan fingerprint density at radius 1 is 1.08 bits per heavy atom. The Hall–Kier alpha value is -0.0800. The third-order valence-corrected chi connectivity index (χ3v) is 2.90. The number of hydrogen-bond acceptors (Lipinski definition) is 2. The summed E-state index contributed by atoms with van der Waals surface area (Å²) in [6, 6.07) is 0.866. The minimum atomic E-state index is 0.866. The van der Waals surface area contributed by atoms with Crippen molar-refractivity contribution in [2.75, 3.05) is 33.7 Å². The third kappa shape index (κ3) is 2.76. The normalized spacial score (nSPS) is 31.5. The van der Waals surface area contributed by atoms with Crippen molar-refractivity contribution < 1.29 is 0 Å². The Labute approximate surface area is 76.5 Å². The molecule has 0 aromatic carbocycles. The van der Waals surface area contributed by atoms with Crippen molar-refractivity contribution in [3.05, 3.63) is 0 Å². The minimum Gasteiger partial charge on any atom is -0.306 e. The first-order valence-electron chi connectivity index (χ1n) is 4.98. The topological polar surface area (TPSA) is 6.48 Å². The van der Waals surface area contributed by atoms with Crippen LogP contribution in [0, 0.1) is 5.92 Å². The van der Waals surface area contributed by atoms with E-state index in [0.29, 0.717) is 0 Å². The van der Waals surface area contributed by atoms with Gasteiger partial charge in [0.15, 0.2) is 0 Å². The second kappa shape index (κ2) is 4.24. The second-order valence-electron chi connectivity index (χ2n) is 4.44. The molecule has 0 radical (unpaired) electrons. The van der Waals surface area contributed by atoms with E-state index in [1.807, 2.05) is 0 Å². The van der Waals surface area contributed by atoms with Crippen LogP contribution in [0.15, 0.2) is 0 Å². The average Bonchev–Trinajstić information content (AvgIpc) is 2.00. The van der Waals surface area contributed by atoms with Crippen molar-refractivity contribution in [3.8, 4) is 0 Å². The summed E-state index contributed by atoms with van der Waals surface area (Å²) in [6.45, 7) is 8.45. The zero-order valence-corrected chi connectivity index (χ0v) is 8.88. The van der Waals surface area contributed by atoms with E-state index in [1.54, 1.807) is 0 Å². The molecule has 2 aliphatic heterocycles. The summed E-state index contributed by atoms with van der Waals surface area (Å²) in [5, 5.41) is 0. The lowest BCUT2D eigenvalue weighted by molar-refractivity contribution is 0.143. The van der Waals surface area contributed by atoms with E-state index in [0.717, 1.165) is 12.0 Å². The van der Waals surface area contributed by atoms with Crippen LogP contribution in [0.1, 0.15) is 20.3 Å². The maximum absolute atomic E-state index is 2.35. The zero-order chi connectivity index (χ0) is 9.14. The van der Waals surface area contributed by atoms with Crippen LogP contribution < -0.4 is 0 Å². The molecular formula is C10H22N2. The van der Waals surface area contributed by atoms with Gasteiger partial charge in [0.2, 0.25) is 0 Å². The highest BCUT2D eigenvalue weighted by Gasteiger charge is 2.17. The lowest BCUT2D eigenvalue weighted by atomic mass is 10.1. The minimum absolute atomic E-state index is 0.866. The number of likely N-dealkylation sites (tertiary alicyclic amines) is 2. The first kappa shape index (κ1) is 10.0. The van der Waals surface area contributed by atoms with E-state index >= 15 is 0 Å². The fourth-order valence-electron chi connectivity index (χ4n) is 1.66. The second-order valence-corrected chi connectivity index (χ2v) is 4.44. The quantitative estimate of drug-likeness (QED) is 0.540. The van der Waals surface area contributed by atoms with Crippen LogP contribution in [-0.2, 0) is 0 Å². The summed E-state index contributed by atoms with van der Waals surface area (Å²) in [5.41, 5.74) is 0. The van der Waals surface area contributed by atoms with Crippen molar-refractivity contribution in [2.45, 2.75) is 26.3 Å². The van der Waals surface area contributed by atoms with Crippen LogP contribution in [0.5, 0.6) is 0 Å². The molecule has 0 aromatic heterocycles. The molecule has 2 aliphatic rings. The molecule has 2 heteroatoms. The third-order valence-electron chi connectivity index (χ3n) is 2.90. The molecule has 0 N–H and O–H groups in total. The van der Waals surface area contributed by atoms with Crippen LogP contribution in [0.3, 0.4) is 0 Å². The van der Waals surface area contributed by atoms with Crippen molar-refractivity contribution in [3.63, 3.8) is 0 Å². The van der Waals surface area contributed by atoms with Gasteiger partial charge in [-0.3, -0.25) is 0 Å². The molecule has 0 amide bonds. The van der Waals surface area contributed by atoms with Crippen LogP contribution in [0.4, 0.5) is 0 Å².